The molecule has 0 aliphatic rings. The first-order chi connectivity index (χ1) is 10.1. The van der Waals surface area contributed by atoms with Gasteiger partial charge in [-0.25, -0.2) is 4.79 Å². The number of phenols is 1. The van der Waals surface area contributed by atoms with Crippen molar-refractivity contribution in [2.24, 2.45) is 0 Å². The Morgan fingerprint density at radius 2 is 1.90 bits per heavy atom. The van der Waals surface area contributed by atoms with Crippen molar-refractivity contribution in [2.45, 2.75) is 6.92 Å². The summed E-state index contributed by atoms with van der Waals surface area (Å²) in [5.41, 5.74) is 2.63. The lowest BCUT2D eigenvalue weighted by molar-refractivity contribution is 0.373. The summed E-state index contributed by atoms with van der Waals surface area (Å²) in [6.07, 6.45) is 0. The standard InChI is InChI=1S/C17H14O4/c1-10-3-5-15-13(7-10)12(9-17(19)21-15)11-4-6-16(20-2)14(18)8-11/h3-9,18H,1-2H3. The summed E-state index contributed by atoms with van der Waals surface area (Å²) >= 11 is 0. The van der Waals surface area contributed by atoms with Gasteiger partial charge in [0, 0.05) is 11.5 Å². The van der Waals surface area contributed by atoms with Gasteiger partial charge >= 0.3 is 5.63 Å². The van der Waals surface area contributed by atoms with Gasteiger partial charge in [-0.1, -0.05) is 17.7 Å². The summed E-state index contributed by atoms with van der Waals surface area (Å²) in [7, 11) is 1.49. The highest BCUT2D eigenvalue weighted by molar-refractivity contribution is 5.93. The van der Waals surface area contributed by atoms with Crippen LogP contribution in [0.1, 0.15) is 5.56 Å². The zero-order chi connectivity index (χ0) is 15.0. The molecule has 0 fully saturated rings. The third kappa shape index (κ3) is 2.36. The van der Waals surface area contributed by atoms with E-state index in [2.05, 4.69) is 0 Å². The van der Waals surface area contributed by atoms with E-state index >= 15 is 0 Å². The fraction of sp³-hybridized carbons (Fsp3) is 0.118. The molecule has 0 spiro atoms. The predicted octanol–water partition coefficient (Wildman–Crippen LogP) is 3.48. The van der Waals surface area contributed by atoms with Crippen molar-refractivity contribution in [2.75, 3.05) is 7.11 Å². The molecular formula is C17H14O4. The van der Waals surface area contributed by atoms with Crippen molar-refractivity contribution in [3.63, 3.8) is 0 Å². The molecule has 3 aromatic rings. The van der Waals surface area contributed by atoms with E-state index in [-0.39, 0.29) is 5.75 Å². The first-order valence-corrected chi connectivity index (χ1v) is 6.50. The highest BCUT2D eigenvalue weighted by Gasteiger charge is 2.10. The summed E-state index contributed by atoms with van der Waals surface area (Å²) in [4.78, 5) is 11.7. The molecule has 2 aromatic carbocycles. The summed E-state index contributed by atoms with van der Waals surface area (Å²) < 4.78 is 10.2. The van der Waals surface area contributed by atoms with Crippen LogP contribution >= 0.6 is 0 Å². The topological polar surface area (TPSA) is 59.7 Å². The maximum absolute atomic E-state index is 11.7. The zero-order valence-electron chi connectivity index (χ0n) is 11.7. The van der Waals surface area contributed by atoms with Gasteiger partial charge in [-0.2, -0.15) is 0 Å². The van der Waals surface area contributed by atoms with E-state index in [1.165, 1.54) is 13.2 Å². The molecule has 0 unspecified atom stereocenters. The Bertz CT molecular complexity index is 878. The van der Waals surface area contributed by atoms with E-state index in [1.54, 1.807) is 24.3 Å². The van der Waals surface area contributed by atoms with Crippen molar-refractivity contribution in [3.05, 3.63) is 58.4 Å². The number of benzene rings is 2. The lowest BCUT2D eigenvalue weighted by Gasteiger charge is -2.09. The number of hydrogen-bond acceptors (Lipinski definition) is 4. The van der Waals surface area contributed by atoms with Crippen LogP contribution in [0.3, 0.4) is 0 Å². The molecule has 0 amide bonds. The summed E-state index contributed by atoms with van der Waals surface area (Å²) in [5.74, 6) is 0.422. The van der Waals surface area contributed by atoms with Crippen LogP contribution in [0, 0.1) is 6.92 Å². The number of aromatic hydroxyl groups is 1. The Balaban J connectivity index is 2.31. The highest BCUT2D eigenvalue weighted by atomic mass is 16.5. The quantitative estimate of drug-likeness (QED) is 0.731. The maximum Gasteiger partial charge on any atom is 0.336 e. The van der Waals surface area contributed by atoms with Gasteiger partial charge in [0.15, 0.2) is 11.5 Å². The Morgan fingerprint density at radius 1 is 1.10 bits per heavy atom. The molecule has 1 heterocycles. The first kappa shape index (κ1) is 13.2. The molecule has 1 aromatic heterocycles. The van der Waals surface area contributed by atoms with Crippen molar-refractivity contribution >= 4 is 11.0 Å². The number of hydrogen-bond donors (Lipinski definition) is 1. The van der Waals surface area contributed by atoms with E-state index in [4.69, 9.17) is 9.15 Å². The van der Waals surface area contributed by atoms with E-state index in [0.717, 1.165) is 22.1 Å². The smallest absolute Gasteiger partial charge is 0.336 e. The molecule has 0 radical (unpaired) electrons. The minimum atomic E-state index is -0.420. The Hall–Kier alpha value is -2.75. The van der Waals surface area contributed by atoms with E-state index < -0.39 is 5.63 Å². The van der Waals surface area contributed by atoms with Gasteiger partial charge in [0.25, 0.3) is 0 Å². The van der Waals surface area contributed by atoms with Gasteiger partial charge < -0.3 is 14.3 Å². The average molecular weight is 282 g/mol. The van der Waals surface area contributed by atoms with Crippen LogP contribution < -0.4 is 10.4 Å². The van der Waals surface area contributed by atoms with E-state index in [9.17, 15) is 9.90 Å². The second kappa shape index (κ2) is 4.98. The largest absolute Gasteiger partial charge is 0.504 e. The lowest BCUT2D eigenvalue weighted by Crippen LogP contribution is -1.98. The molecule has 0 bridgehead atoms. The predicted molar refractivity (Wildman–Crippen MR) is 80.9 cm³/mol. The van der Waals surface area contributed by atoms with Gasteiger partial charge in [0.1, 0.15) is 5.58 Å². The Kier molecular flexibility index (Phi) is 3.14. The van der Waals surface area contributed by atoms with E-state index in [1.807, 2.05) is 19.1 Å². The molecule has 4 nitrogen and oxygen atoms in total. The van der Waals surface area contributed by atoms with Crippen molar-refractivity contribution < 1.29 is 14.3 Å². The SMILES string of the molecule is COc1ccc(-c2cc(=O)oc3ccc(C)cc23)cc1O. The minimum Gasteiger partial charge on any atom is -0.504 e. The molecule has 21 heavy (non-hydrogen) atoms. The number of aryl methyl sites for hydroxylation is 1. The third-order valence-corrected chi connectivity index (χ3v) is 3.39. The van der Waals surface area contributed by atoms with Crippen LogP contribution in [0.25, 0.3) is 22.1 Å². The van der Waals surface area contributed by atoms with Crippen LogP contribution in [0.4, 0.5) is 0 Å². The number of rotatable bonds is 2. The van der Waals surface area contributed by atoms with Crippen LogP contribution in [-0.2, 0) is 0 Å². The monoisotopic (exact) mass is 282 g/mol. The molecule has 4 heteroatoms. The van der Waals surface area contributed by atoms with Gasteiger partial charge in [0.2, 0.25) is 0 Å². The fourth-order valence-electron chi connectivity index (χ4n) is 2.37. The second-order valence-corrected chi connectivity index (χ2v) is 4.87. The molecule has 0 aliphatic heterocycles. The molecular weight excluding hydrogens is 268 g/mol. The number of phenolic OH excluding ortho intramolecular Hbond substituents is 1. The molecule has 0 aliphatic carbocycles. The van der Waals surface area contributed by atoms with Crippen molar-refractivity contribution in [1.29, 1.82) is 0 Å². The zero-order valence-corrected chi connectivity index (χ0v) is 11.7. The van der Waals surface area contributed by atoms with E-state index in [0.29, 0.717) is 11.3 Å². The van der Waals surface area contributed by atoms with Gasteiger partial charge in [-0.15, -0.1) is 0 Å². The highest BCUT2D eigenvalue weighted by Crippen LogP contribution is 2.34. The maximum atomic E-state index is 11.7. The van der Waals surface area contributed by atoms with Crippen LogP contribution in [0.15, 0.2) is 51.7 Å². The number of ether oxygens (including phenoxy) is 1. The molecule has 0 atom stereocenters. The lowest BCUT2D eigenvalue weighted by atomic mass is 10.0. The van der Waals surface area contributed by atoms with Gasteiger partial charge in [-0.05, 0) is 42.3 Å². The average Bonchev–Trinajstić information content (AvgIpc) is 2.47. The molecule has 0 saturated carbocycles. The van der Waals surface area contributed by atoms with Gasteiger partial charge in [0.05, 0.1) is 7.11 Å². The number of fused-ring (bicyclic) bond motifs is 1. The summed E-state index contributed by atoms with van der Waals surface area (Å²) in [6.45, 7) is 1.97. The van der Waals surface area contributed by atoms with Crippen molar-refractivity contribution in [1.82, 2.24) is 0 Å². The fourth-order valence-corrected chi connectivity index (χ4v) is 2.37. The third-order valence-electron chi connectivity index (χ3n) is 3.39. The van der Waals surface area contributed by atoms with Crippen LogP contribution in [0.5, 0.6) is 11.5 Å². The Labute approximate surface area is 121 Å². The summed E-state index contributed by atoms with van der Waals surface area (Å²) in [5, 5.41) is 10.8. The molecule has 0 saturated heterocycles. The molecule has 3 rings (SSSR count). The number of methoxy groups -OCH3 is 1. The summed E-state index contributed by atoms with van der Waals surface area (Å²) in [6, 6.07) is 12.1. The normalized spacial score (nSPS) is 10.8. The van der Waals surface area contributed by atoms with Crippen LogP contribution in [-0.4, -0.2) is 12.2 Å². The van der Waals surface area contributed by atoms with Crippen LogP contribution in [0.2, 0.25) is 0 Å². The van der Waals surface area contributed by atoms with Crippen molar-refractivity contribution in [3.8, 4) is 22.6 Å². The molecule has 1 N–H and O–H groups in total. The minimum absolute atomic E-state index is 0.0315. The Morgan fingerprint density at radius 3 is 2.62 bits per heavy atom. The molecule has 106 valence electrons. The van der Waals surface area contributed by atoms with Gasteiger partial charge in [-0.3, -0.25) is 0 Å². The second-order valence-electron chi connectivity index (χ2n) is 4.87. The first-order valence-electron chi connectivity index (χ1n) is 6.50.